The van der Waals surface area contributed by atoms with Crippen LogP contribution in [0.15, 0.2) is 35.2 Å². The molecule has 0 aliphatic carbocycles. The molecular formula is C11H10O4S. The van der Waals surface area contributed by atoms with Crippen LogP contribution < -0.4 is 0 Å². The first-order valence-corrected chi connectivity index (χ1v) is 6.41. The van der Waals surface area contributed by atoms with E-state index in [4.69, 9.17) is 5.11 Å². The molecule has 0 saturated carbocycles. The van der Waals surface area contributed by atoms with Gasteiger partial charge in [0, 0.05) is 6.08 Å². The predicted molar refractivity (Wildman–Crippen MR) is 58.7 cm³/mol. The number of fused-ring (bicyclic) bond motifs is 1. The van der Waals surface area contributed by atoms with Gasteiger partial charge < -0.3 is 5.11 Å². The van der Waals surface area contributed by atoms with E-state index in [1.807, 2.05) is 0 Å². The lowest BCUT2D eigenvalue weighted by atomic mass is 10.0. The minimum atomic E-state index is -3.24. The van der Waals surface area contributed by atoms with E-state index in [0.717, 1.165) is 6.08 Å². The van der Waals surface area contributed by atoms with E-state index in [-0.39, 0.29) is 17.1 Å². The zero-order valence-electron chi connectivity index (χ0n) is 8.38. The minimum Gasteiger partial charge on any atom is -0.478 e. The summed E-state index contributed by atoms with van der Waals surface area (Å²) in [5.74, 6) is -1.08. The van der Waals surface area contributed by atoms with Gasteiger partial charge >= 0.3 is 5.97 Å². The van der Waals surface area contributed by atoms with E-state index in [0.29, 0.717) is 11.1 Å². The highest BCUT2D eigenvalue weighted by atomic mass is 32.2. The van der Waals surface area contributed by atoms with Crippen molar-refractivity contribution >= 4 is 21.4 Å². The summed E-state index contributed by atoms with van der Waals surface area (Å²) in [5.41, 5.74) is 1.08. The molecule has 0 amide bonds. The SMILES string of the molecule is O=C(O)C=C1CCS(=O)(=O)c2ccccc21. The lowest BCUT2D eigenvalue weighted by molar-refractivity contribution is -0.131. The fourth-order valence-electron chi connectivity index (χ4n) is 1.79. The van der Waals surface area contributed by atoms with Crippen LogP contribution in [-0.4, -0.2) is 25.2 Å². The van der Waals surface area contributed by atoms with Crippen LogP contribution in [0.4, 0.5) is 0 Å². The number of benzene rings is 1. The van der Waals surface area contributed by atoms with Crippen LogP contribution in [0.5, 0.6) is 0 Å². The number of hydrogen-bond acceptors (Lipinski definition) is 3. The number of hydrogen-bond donors (Lipinski definition) is 1. The summed E-state index contributed by atoms with van der Waals surface area (Å²) in [5, 5.41) is 8.70. The number of carboxylic acid groups (broad SMARTS) is 1. The third-order valence-corrected chi connectivity index (χ3v) is 4.27. The Bertz CT molecular complexity index is 569. The van der Waals surface area contributed by atoms with Crippen LogP contribution in [0, 0.1) is 0 Å². The summed E-state index contributed by atoms with van der Waals surface area (Å²) in [6, 6.07) is 6.50. The maximum Gasteiger partial charge on any atom is 0.328 e. The zero-order chi connectivity index (χ0) is 11.8. The molecule has 1 heterocycles. The van der Waals surface area contributed by atoms with Gasteiger partial charge in [-0.2, -0.15) is 0 Å². The van der Waals surface area contributed by atoms with Crippen molar-refractivity contribution in [1.29, 1.82) is 0 Å². The summed E-state index contributed by atoms with van der Waals surface area (Å²) < 4.78 is 23.5. The van der Waals surface area contributed by atoms with E-state index in [1.54, 1.807) is 18.2 Å². The summed E-state index contributed by atoms with van der Waals surface area (Å²) in [4.78, 5) is 10.8. The number of sulfone groups is 1. The van der Waals surface area contributed by atoms with Gasteiger partial charge in [-0.15, -0.1) is 0 Å². The first-order chi connectivity index (χ1) is 7.50. The maximum absolute atomic E-state index is 11.7. The van der Waals surface area contributed by atoms with Crippen LogP contribution in [-0.2, 0) is 14.6 Å². The fraction of sp³-hybridized carbons (Fsp3) is 0.182. The lowest BCUT2D eigenvalue weighted by Crippen LogP contribution is -2.15. The van der Waals surface area contributed by atoms with Crippen molar-refractivity contribution in [2.24, 2.45) is 0 Å². The van der Waals surface area contributed by atoms with Crippen LogP contribution >= 0.6 is 0 Å². The van der Waals surface area contributed by atoms with Crippen LogP contribution in [0.3, 0.4) is 0 Å². The molecule has 1 aliphatic heterocycles. The van der Waals surface area contributed by atoms with Crippen LogP contribution in [0.2, 0.25) is 0 Å². The predicted octanol–water partition coefficient (Wildman–Crippen LogP) is 1.33. The Morgan fingerprint density at radius 3 is 2.69 bits per heavy atom. The molecule has 16 heavy (non-hydrogen) atoms. The standard InChI is InChI=1S/C11H10O4S/c12-11(13)7-8-5-6-16(14,15)10-4-2-1-3-9(8)10/h1-4,7H,5-6H2,(H,12,13). The van der Waals surface area contributed by atoms with Crippen molar-refractivity contribution < 1.29 is 18.3 Å². The molecule has 0 fully saturated rings. The van der Waals surface area contributed by atoms with E-state index < -0.39 is 15.8 Å². The van der Waals surface area contributed by atoms with Crippen LogP contribution in [0.25, 0.3) is 5.57 Å². The molecule has 0 aromatic heterocycles. The molecule has 0 unspecified atom stereocenters. The summed E-state index contributed by atoms with van der Waals surface area (Å²) in [7, 11) is -3.24. The van der Waals surface area contributed by atoms with Gasteiger partial charge in [-0.05, 0) is 23.6 Å². The maximum atomic E-state index is 11.7. The first-order valence-electron chi connectivity index (χ1n) is 4.76. The molecule has 0 radical (unpaired) electrons. The Balaban J connectivity index is 2.65. The van der Waals surface area contributed by atoms with Crippen molar-refractivity contribution in [2.75, 3.05) is 5.75 Å². The van der Waals surface area contributed by atoms with E-state index >= 15 is 0 Å². The summed E-state index contributed by atoms with van der Waals surface area (Å²) in [6.45, 7) is 0. The third kappa shape index (κ3) is 1.86. The molecule has 0 bridgehead atoms. The summed E-state index contributed by atoms with van der Waals surface area (Å²) >= 11 is 0. The van der Waals surface area contributed by atoms with Gasteiger partial charge in [-0.25, -0.2) is 13.2 Å². The van der Waals surface area contributed by atoms with Crippen molar-refractivity contribution in [2.45, 2.75) is 11.3 Å². The van der Waals surface area contributed by atoms with Gasteiger partial charge in [0.25, 0.3) is 0 Å². The van der Waals surface area contributed by atoms with Crippen LogP contribution in [0.1, 0.15) is 12.0 Å². The van der Waals surface area contributed by atoms with Gasteiger partial charge in [0.2, 0.25) is 0 Å². The molecule has 1 aromatic carbocycles. The number of allylic oxidation sites excluding steroid dienone is 1. The van der Waals surface area contributed by atoms with Gasteiger partial charge in [0.15, 0.2) is 9.84 Å². The quantitative estimate of drug-likeness (QED) is 0.749. The second-order valence-corrected chi connectivity index (χ2v) is 5.65. The molecule has 5 heteroatoms. The van der Waals surface area contributed by atoms with E-state index in [1.165, 1.54) is 6.07 Å². The highest BCUT2D eigenvalue weighted by Crippen LogP contribution is 2.32. The normalized spacial score (nSPS) is 20.4. The zero-order valence-corrected chi connectivity index (χ0v) is 9.20. The van der Waals surface area contributed by atoms with E-state index in [2.05, 4.69) is 0 Å². The molecule has 2 rings (SSSR count). The second-order valence-electron chi connectivity index (χ2n) is 3.57. The van der Waals surface area contributed by atoms with Gasteiger partial charge in [0.1, 0.15) is 0 Å². The molecule has 1 N–H and O–H groups in total. The summed E-state index contributed by atoms with van der Waals surface area (Å²) in [6.07, 6.45) is 1.33. The average Bonchev–Trinajstić information content (AvgIpc) is 2.23. The molecule has 1 aliphatic rings. The molecule has 1 aromatic rings. The molecule has 0 saturated heterocycles. The second kappa shape index (κ2) is 3.75. The Morgan fingerprint density at radius 2 is 2.00 bits per heavy atom. The molecule has 0 atom stereocenters. The number of aliphatic carboxylic acids is 1. The van der Waals surface area contributed by atoms with Gasteiger partial charge in [-0.3, -0.25) is 0 Å². The van der Waals surface area contributed by atoms with Gasteiger partial charge in [-0.1, -0.05) is 18.2 Å². The largest absolute Gasteiger partial charge is 0.478 e. The van der Waals surface area contributed by atoms with Gasteiger partial charge in [0.05, 0.1) is 10.6 Å². The minimum absolute atomic E-state index is 0.0247. The Morgan fingerprint density at radius 1 is 1.31 bits per heavy atom. The van der Waals surface area contributed by atoms with Crippen molar-refractivity contribution in [3.63, 3.8) is 0 Å². The number of carbonyl (C=O) groups is 1. The van der Waals surface area contributed by atoms with Crippen molar-refractivity contribution in [3.8, 4) is 0 Å². The fourth-order valence-corrected chi connectivity index (χ4v) is 3.32. The smallest absolute Gasteiger partial charge is 0.328 e. The highest BCUT2D eigenvalue weighted by Gasteiger charge is 2.26. The average molecular weight is 238 g/mol. The third-order valence-electron chi connectivity index (χ3n) is 2.51. The lowest BCUT2D eigenvalue weighted by Gasteiger charge is -2.18. The number of carboxylic acids is 1. The molecule has 0 spiro atoms. The first kappa shape index (κ1) is 10.9. The topological polar surface area (TPSA) is 71.4 Å². The van der Waals surface area contributed by atoms with Crippen molar-refractivity contribution in [1.82, 2.24) is 0 Å². The molecule has 4 nitrogen and oxygen atoms in total. The molecular weight excluding hydrogens is 228 g/mol. The Hall–Kier alpha value is -1.62. The van der Waals surface area contributed by atoms with Crippen molar-refractivity contribution in [3.05, 3.63) is 35.9 Å². The Kier molecular flexibility index (Phi) is 2.55. The highest BCUT2D eigenvalue weighted by molar-refractivity contribution is 7.91. The molecule has 84 valence electrons. The van der Waals surface area contributed by atoms with E-state index in [9.17, 15) is 13.2 Å². The monoisotopic (exact) mass is 238 g/mol. The number of rotatable bonds is 1. The Labute approximate surface area is 93.1 Å².